The predicted molar refractivity (Wildman–Crippen MR) is 152 cm³/mol. The Morgan fingerprint density at radius 1 is 0.743 bits per heavy atom. The Morgan fingerprint density at radius 3 is 1.57 bits per heavy atom. The van der Waals surface area contributed by atoms with E-state index in [0.717, 1.165) is 19.3 Å². The van der Waals surface area contributed by atoms with Gasteiger partial charge in [-0.2, -0.15) is 0 Å². The van der Waals surface area contributed by atoms with Crippen molar-refractivity contribution in [2.45, 2.75) is 6.82 Å². The Hall–Kier alpha value is -2.50. The highest BCUT2D eigenvalue weighted by Gasteiger charge is 2.44. The normalized spacial score (nSPS) is 11.6. The van der Waals surface area contributed by atoms with E-state index >= 15 is 0 Å². The summed E-state index contributed by atoms with van der Waals surface area (Å²) >= 11 is 0. The molecule has 0 aliphatic carbocycles. The van der Waals surface area contributed by atoms with Crippen LogP contribution in [0.5, 0.6) is 0 Å². The second-order valence-corrected chi connectivity index (χ2v) is 12.8. The van der Waals surface area contributed by atoms with E-state index in [1.807, 2.05) is 7.05 Å². The fourth-order valence-corrected chi connectivity index (χ4v) is 8.58. The topological polar surface area (TPSA) is 47.0 Å². The summed E-state index contributed by atoms with van der Waals surface area (Å²) in [5, 5.41) is 13.8. The molecule has 0 spiro atoms. The van der Waals surface area contributed by atoms with Crippen molar-refractivity contribution in [1.82, 2.24) is 14.6 Å². The van der Waals surface area contributed by atoms with Gasteiger partial charge in [0.05, 0.1) is 12.7 Å². The molecule has 0 atom stereocenters. The number of hydrogen-bond acceptors (Lipinski definition) is 4. The molecule has 0 aromatic heterocycles. The van der Waals surface area contributed by atoms with Crippen LogP contribution in [0.25, 0.3) is 0 Å². The average Bonchev–Trinajstić information content (AvgIpc) is 2.89. The van der Waals surface area contributed by atoms with Crippen LogP contribution in [0.1, 0.15) is 0 Å². The van der Waals surface area contributed by atoms with E-state index in [1.54, 1.807) is 23.6 Å². The third-order valence-corrected chi connectivity index (χ3v) is 11.1. The van der Waals surface area contributed by atoms with Crippen molar-refractivity contribution in [2.75, 3.05) is 53.5 Å². The van der Waals surface area contributed by atoms with E-state index in [1.165, 1.54) is 15.9 Å². The summed E-state index contributed by atoms with van der Waals surface area (Å²) in [5.74, 6) is 0.0153. The molecule has 7 heteroatoms. The standard InChI is InChI=1S/C28H38BN3O2P/c1-29(34)32(4)24-28(33)31(3)21-20-30(2)22-23-35(25-14-8-5-9-15-25,26-16-10-6-11-17-26)27-18-12-7-13-19-27/h5-19,34H,20-24H2,1-4H3/q+1. The largest absolute Gasteiger partial charge is 0.437 e. The van der Waals surface area contributed by atoms with Crippen molar-refractivity contribution in [1.29, 1.82) is 0 Å². The first-order chi connectivity index (χ1) is 16.8. The van der Waals surface area contributed by atoms with Gasteiger partial charge >= 0.3 is 7.05 Å². The van der Waals surface area contributed by atoms with Gasteiger partial charge in [-0.1, -0.05) is 54.6 Å². The molecule has 0 bridgehead atoms. The minimum atomic E-state index is -1.86. The highest BCUT2D eigenvalue weighted by molar-refractivity contribution is 7.95. The molecular formula is C28H38BN3O2P+. The van der Waals surface area contributed by atoms with Crippen LogP contribution >= 0.6 is 7.26 Å². The average molecular weight is 490 g/mol. The SMILES string of the molecule is CB(O)N(C)CC(=O)N(C)CCN(C)CC[P+](c1ccccc1)(c1ccccc1)c1ccccc1. The van der Waals surface area contributed by atoms with Crippen LogP contribution < -0.4 is 15.9 Å². The summed E-state index contributed by atoms with van der Waals surface area (Å²) in [6, 6.07) is 32.8. The van der Waals surface area contributed by atoms with Gasteiger partial charge in [0.15, 0.2) is 0 Å². The smallest absolute Gasteiger partial charge is 0.376 e. The summed E-state index contributed by atoms with van der Waals surface area (Å²) in [6.07, 6.45) is 1.02. The summed E-state index contributed by atoms with van der Waals surface area (Å²) < 4.78 is 0. The van der Waals surface area contributed by atoms with Crippen molar-refractivity contribution in [3.63, 3.8) is 0 Å². The zero-order valence-corrected chi connectivity index (χ0v) is 22.3. The lowest BCUT2D eigenvalue weighted by molar-refractivity contribution is -0.130. The van der Waals surface area contributed by atoms with Gasteiger partial charge in [-0.05, 0) is 57.3 Å². The molecule has 0 saturated heterocycles. The lowest BCUT2D eigenvalue weighted by atomic mass is 9.86. The molecule has 35 heavy (non-hydrogen) atoms. The van der Waals surface area contributed by atoms with Gasteiger partial charge in [0.1, 0.15) is 23.2 Å². The van der Waals surface area contributed by atoms with E-state index in [-0.39, 0.29) is 12.5 Å². The van der Waals surface area contributed by atoms with Crippen molar-refractivity contribution in [2.24, 2.45) is 0 Å². The van der Waals surface area contributed by atoms with Crippen LogP contribution in [0, 0.1) is 0 Å². The first-order valence-electron chi connectivity index (χ1n) is 12.2. The molecule has 0 unspecified atom stereocenters. The van der Waals surface area contributed by atoms with Gasteiger partial charge in [-0.15, -0.1) is 0 Å². The van der Waals surface area contributed by atoms with E-state index in [0.29, 0.717) is 6.54 Å². The Labute approximate surface area is 211 Å². The lowest BCUT2D eigenvalue weighted by Gasteiger charge is -2.30. The van der Waals surface area contributed by atoms with Gasteiger partial charge < -0.3 is 19.6 Å². The zero-order chi connectivity index (χ0) is 25.3. The molecule has 5 nitrogen and oxygen atoms in total. The summed E-state index contributed by atoms with van der Waals surface area (Å²) in [6.45, 7) is 4.24. The van der Waals surface area contributed by atoms with Gasteiger partial charge in [-0.25, -0.2) is 0 Å². The van der Waals surface area contributed by atoms with E-state index in [9.17, 15) is 9.82 Å². The third-order valence-electron chi connectivity index (χ3n) is 6.67. The quantitative estimate of drug-likeness (QED) is 0.313. The molecule has 0 radical (unpaired) electrons. The Kier molecular flexibility index (Phi) is 10.1. The third kappa shape index (κ3) is 7.02. The molecule has 1 N–H and O–H groups in total. The molecule has 3 rings (SSSR count). The van der Waals surface area contributed by atoms with Crippen LogP contribution in [-0.4, -0.2) is 86.1 Å². The number of nitrogens with zero attached hydrogens (tertiary/aromatic N) is 3. The van der Waals surface area contributed by atoms with Gasteiger partial charge in [0, 0.05) is 26.7 Å². The van der Waals surface area contributed by atoms with Crippen LogP contribution in [0.3, 0.4) is 0 Å². The Morgan fingerprint density at radius 2 is 1.17 bits per heavy atom. The van der Waals surface area contributed by atoms with Crippen molar-refractivity contribution in [3.8, 4) is 0 Å². The number of carbonyl (C=O) groups excluding carboxylic acids is 1. The summed E-state index contributed by atoms with van der Waals surface area (Å²) in [7, 11) is 3.22. The van der Waals surface area contributed by atoms with Crippen LogP contribution in [0.2, 0.25) is 6.82 Å². The highest BCUT2D eigenvalue weighted by Crippen LogP contribution is 2.55. The van der Waals surface area contributed by atoms with Crippen LogP contribution in [-0.2, 0) is 4.79 Å². The highest BCUT2D eigenvalue weighted by atomic mass is 31.2. The van der Waals surface area contributed by atoms with Crippen LogP contribution in [0.4, 0.5) is 0 Å². The molecule has 1 amide bonds. The number of benzene rings is 3. The number of carbonyl (C=O) groups is 1. The number of amides is 1. The number of hydrogen-bond donors (Lipinski definition) is 1. The molecule has 0 aliphatic rings. The monoisotopic (exact) mass is 490 g/mol. The maximum atomic E-state index is 12.5. The van der Waals surface area contributed by atoms with Gasteiger partial charge in [-0.3, -0.25) is 4.79 Å². The molecule has 0 heterocycles. The first kappa shape index (κ1) is 27.1. The van der Waals surface area contributed by atoms with Gasteiger partial charge in [0.25, 0.3) is 0 Å². The fourth-order valence-electron chi connectivity index (χ4n) is 4.23. The maximum absolute atomic E-state index is 12.5. The number of likely N-dealkylation sites (N-methyl/N-ethyl adjacent to an activating group) is 3. The Balaban J connectivity index is 1.79. The minimum Gasteiger partial charge on any atom is -0.437 e. The zero-order valence-electron chi connectivity index (χ0n) is 21.4. The molecule has 0 aliphatic heterocycles. The maximum Gasteiger partial charge on any atom is 0.376 e. The summed E-state index contributed by atoms with van der Waals surface area (Å²) in [4.78, 5) is 18.2. The van der Waals surface area contributed by atoms with Crippen molar-refractivity contribution in [3.05, 3.63) is 91.0 Å². The second kappa shape index (κ2) is 13.0. The van der Waals surface area contributed by atoms with E-state index in [2.05, 4.69) is 103 Å². The molecule has 0 fully saturated rings. The summed E-state index contributed by atoms with van der Waals surface area (Å²) in [5.41, 5.74) is 0. The van der Waals surface area contributed by atoms with Gasteiger partial charge in [0.2, 0.25) is 5.91 Å². The number of rotatable bonds is 12. The fraction of sp³-hybridized carbons (Fsp3) is 0.321. The molecule has 3 aromatic carbocycles. The molecule has 0 saturated carbocycles. The van der Waals surface area contributed by atoms with Crippen molar-refractivity contribution >= 4 is 36.1 Å². The van der Waals surface area contributed by atoms with Crippen molar-refractivity contribution < 1.29 is 9.82 Å². The van der Waals surface area contributed by atoms with E-state index in [4.69, 9.17) is 0 Å². The predicted octanol–water partition coefficient (Wildman–Crippen LogP) is 2.41. The van der Waals surface area contributed by atoms with E-state index < -0.39 is 14.3 Å². The van der Waals surface area contributed by atoms with Crippen LogP contribution in [0.15, 0.2) is 91.0 Å². The lowest BCUT2D eigenvalue weighted by Crippen LogP contribution is -2.44. The minimum absolute atomic E-state index is 0.0153. The first-order valence-corrected chi connectivity index (χ1v) is 14.2. The molecular weight excluding hydrogens is 452 g/mol. The molecule has 184 valence electrons. The second-order valence-electron chi connectivity index (χ2n) is 9.21. The molecule has 3 aromatic rings. The Bertz CT molecular complexity index is 941.